The van der Waals surface area contributed by atoms with E-state index >= 15 is 0 Å². The van der Waals surface area contributed by atoms with E-state index in [1.165, 1.54) is 6.08 Å². The summed E-state index contributed by atoms with van der Waals surface area (Å²) in [7, 11) is 1.56. The molecule has 1 aromatic carbocycles. The Bertz CT molecular complexity index is 1090. The molecule has 2 aliphatic rings. The first-order valence-electron chi connectivity index (χ1n) is 10.2. The van der Waals surface area contributed by atoms with E-state index in [9.17, 15) is 23.1 Å². The van der Waals surface area contributed by atoms with Gasteiger partial charge < -0.3 is 14.6 Å². The summed E-state index contributed by atoms with van der Waals surface area (Å²) in [5, 5.41) is 9.26. The number of nitrogens with zero attached hydrogens (tertiary/aromatic N) is 1. The Morgan fingerprint density at radius 1 is 1.16 bits per heavy atom. The number of hydrogen-bond donors (Lipinski definition) is 1. The smallest absolute Gasteiger partial charge is 0.412 e. The molecule has 1 N–H and O–H groups in total. The summed E-state index contributed by atoms with van der Waals surface area (Å²) in [5.74, 6) is -0.117. The molecule has 168 valence electrons. The van der Waals surface area contributed by atoms with Gasteiger partial charge in [0.05, 0.1) is 18.8 Å². The molecular formula is C24H22F3NO4. The molecule has 1 heterocycles. The third-order valence-corrected chi connectivity index (χ3v) is 5.76. The van der Waals surface area contributed by atoms with Crippen LogP contribution in [0.1, 0.15) is 36.3 Å². The number of halogens is 3. The quantitative estimate of drug-likeness (QED) is 0.598. The van der Waals surface area contributed by atoms with Gasteiger partial charge in [0.2, 0.25) is 0 Å². The second kappa shape index (κ2) is 8.68. The predicted octanol–water partition coefficient (Wildman–Crippen LogP) is 5.63. The van der Waals surface area contributed by atoms with Crippen LogP contribution in [0.2, 0.25) is 0 Å². The fraction of sp³-hybridized carbons (Fsp3) is 0.333. The van der Waals surface area contributed by atoms with Gasteiger partial charge in [0.15, 0.2) is 0 Å². The first kappa shape index (κ1) is 21.9. The Morgan fingerprint density at radius 3 is 2.59 bits per heavy atom. The standard InChI is InChI=1S/C24H22F3NO4/c1-31-22-7-2-15(9-20(22)19-10-21(19)23(29)30)16-8-14(11-28-12-16)13-32-18-5-3-17(4-6-18)24(25,26)27/h2-3,5,7-9,11-12,19,21H,4,6,10,13H2,1H3,(H,29,30)/t19?,21-/m1/s1. The normalized spacial score (nSPS) is 20.2. The first-order chi connectivity index (χ1) is 15.3. The number of carbonyl (C=O) groups is 1. The van der Waals surface area contributed by atoms with Gasteiger partial charge in [-0.1, -0.05) is 12.1 Å². The zero-order valence-corrected chi connectivity index (χ0v) is 17.4. The van der Waals surface area contributed by atoms with Gasteiger partial charge in [-0.15, -0.1) is 0 Å². The van der Waals surface area contributed by atoms with E-state index in [-0.39, 0.29) is 25.4 Å². The van der Waals surface area contributed by atoms with E-state index in [0.717, 1.165) is 28.3 Å². The van der Waals surface area contributed by atoms with Crippen LogP contribution in [0.15, 0.2) is 60.1 Å². The van der Waals surface area contributed by atoms with Crippen LogP contribution in [-0.4, -0.2) is 29.3 Å². The van der Waals surface area contributed by atoms with Crippen LogP contribution in [0.4, 0.5) is 13.2 Å². The Hall–Kier alpha value is -3.29. The zero-order chi connectivity index (χ0) is 22.9. The molecule has 32 heavy (non-hydrogen) atoms. The van der Waals surface area contributed by atoms with Crippen LogP contribution in [0.3, 0.4) is 0 Å². The van der Waals surface area contributed by atoms with Crippen molar-refractivity contribution in [1.82, 2.24) is 4.98 Å². The number of ether oxygens (including phenoxy) is 2. The number of allylic oxidation sites excluding steroid dienone is 4. The van der Waals surface area contributed by atoms with Crippen molar-refractivity contribution in [3.05, 3.63) is 71.3 Å². The van der Waals surface area contributed by atoms with E-state index in [4.69, 9.17) is 9.47 Å². The van der Waals surface area contributed by atoms with Crippen LogP contribution in [-0.2, 0) is 16.1 Å². The molecule has 8 heteroatoms. The van der Waals surface area contributed by atoms with Gasteiger partial charge in [0, 0.05) is 41.4 Å². The highest BCUT2D eigenvalue weighted by Gasteiger charge is 2.45. The molecule has 2 atom stereocenters. The summed E-state index contributed by atoms with van der Waals surface area (Å²) in [6.45, 7) is 0.189. The summed E-state index contributed by atoms with van der Waals surface area (Å²) >= 11 is 0. The van der Waals surface area contributed by atoms with Crippen LogP contribution in [0.25, 0.3) is 11.1 Å². The van der Waals surface area contributed by atoms with Crippen LogP contribution < -0.4 is 4.74 Å². The van der Waals surface area contributed by atoms with Crippen molar-refractivity contribution in [2.45, 2.75) is 38.0 Å². The lowest BCUT2D eigenvalue weighted by Gasteiger charge is -2.17. The Morgan fingerprint density at radius 2 is 1.97 bits per heavy atom. The molecule has 5 nitrogen and oxygen atoms in total. The third-order valence-electron chi connectivity index (χ3n) is 5.76. The average molecular weight is 445 g/mol. The van der Waals surface area contributed by atoms with Crippen molar-refractivity contribution in [2.24, 2.45) is 5.92 Å². The molecular weight excluding hydrogens is 423 g/mol. The molecule has 1 aromatic heterocycles. The first-order valence-corrected chi connectivity index (χ1v) is 10.2. The number of alkyl halides is 3. The maximum absolute atomic E-state index is 12.7. The number of carboxylic acid groups (broad SMARTS) is 1. The van der Waals surface area contributed by atoms with E-state index in [2.05, 4.69) is 4.98 Å². The Balaban J connectivity index is 1.48. The lowest BCUT2D eigenvalue weighted by molar-refractivity contribution is -0.138. The maximum atomic E-state index is 12.7. The summed E-state index contributed by atoms with van der Waals surface area (Å²) in [6.07, 6.45) is 2.17. The number of rotatable bonds is 7. The molecule has 0 aliphatic heterocycles. The molecule has 1 fully saturated rings. The van der Waals surface area contributed by atoms with Gasteiger partial charge in [-0.2, -0.15) is 13.2 Å². The molecule has 0 bridgehead atoms. The third kappa shape index (κ3) is 4.79. The van der Waals surface area contributed by atoms with Gasteiger partial charge in [-0.05, 0) is 48.2 Å². The summed E-state index contributed by atoms with van der Waals surface area (Å²) in [4.78, 5) is 15.5. The zero-order valence-electron chi connectivity index (χ0n) is 17.4. The van der Waals surface area contributed by atoms with Crippen molar-refractivity contribution in [3.8, 4) is 16.9 Å². The number of aliphatic carboxylic acids is 1. The summed E-state index contributed by atoms with van der Waals surface area (Å²) in [6, 6.07) is 7.54. The van der Waals surface area contributed by atoms with Crippen molar-refractivity contribution in [3.63, 3.8) is 0 Å². The second-order valence-electron chi connectivity index (χ2n) is 7.94. The molecule has 1 saturated carbocycles. The predicted molar refractivity (Wildman–Crippen MR) is 111 cm³/mol. The second-order valence-corrected chi connectivity index (χ2v) is 7.94. The Kier molecular flexibility index (Phi) is 5.95. The number of pyridine rings is 1. The van der Waals surface area contributed by atoms with Gasteiger partial charge >= 0.3 is 12.1 Å². The lowest BCUT2D eigenvalue weighted by Crippen LogP contribution is -2.14. The molecule has 4 rings (SSSR count). The van der Waals surface area contributed by atoms with Crippen LogP contribution >= 0.6 is 0 Å². The van der Waals surface area contributed by atoms with Gasteiger partial charge in [-0.25, -0.2) is 0 Å². The molecule has 2 aromatic rings. The highest BCUT2D eigenvalue weighted by molar-refractivity contribution is 5.76. The fourth-order valence-electron chi connectivity index (χ4n) is 3.89. The SMILES string of the molecule is COc1ccc(-c2cncc(COC3=CC=C(C(F)(F)F)CC3)c2)cc1C1C[C@H]1C(=O)O. The van der Waals surface area contributed by atoms with Crippen molar-refractivity contribution in [1.29, 1.82) is 0 Å². The highest BCUT2D eigenvalue weighted by Crippen LogP contribution is 2.51. The molecule has 1 unspecified atom stereocenters. The topological polar surface area (TPSA) is 68.7 Å². The van der Waals surface area contributed by atoms with E-state index in [0.29, 0.717) is 17.9 Å². The van der Waals surface area contributed by atoms with Crippen molar-refractivity contribution >= 4 is 5.97 Å². The highest BCUT2D eigenvalue weighted by atomic mass is 19.4. The molecule has 0 spiro atoms. The molecule has 0 radical (unpaired) electrons. The number of benzene rings is 1. The number of carboxylic acids is 1. The number of hydrogen-bond acceptors (Lipinski definition) is 4. The van der Waals surface area contributed by atoms with Crippen LogP contribution in [0.5, 0.6) is 5.75 Å². The minimum absolute atomic E-state index is 0.0743. The number of aromatic nitrogens is 1. The number of methoxy groups -OCH3 is 1. The van der Waals surface area contributed by atoms with Gasteiger partial charge in [0.25, 0.3) is 0 Å². The molecule has 2 aliphatic carbocycles. The molecule has 0 saturated heterocycles. The average Bonchev–Trinajstić information content (AvgIpc) is 3.58. The van der Waals surface area contributed by atoms with Gasteiger partial charge in [0.1, 0.15) is 12.4 Å². The Labute approximate surface area is 183 Å². The molecule has 0 amide bonds. The minimum atomic E-state index is -4.30. The minimum Gasteiger partial charge on any atom is -0.496 e. The van der Waals surface area contributed by atoms with Crippen molar-refractivity contribution in [2.75, 3.05) is 7.11 Å². The van der Waals surface area contributed by atoms with Crippen LogP contribution in [0, 0.1) is 5.92 Å². The summed E-state index contributed by atoms with van der Waals surface area (Å²) < 4.78 is 49.3. The monoisotopic (exact) mass is 445 g/mol. The van der Waals surface area contributed by atoms with E-state index < -0.39 is 23.6 Å². The van der Waals surface area contributed by atoms with E-state index in [1.807, 2.05) is 24.3 Å². The van der Waals surface area contributed by atoms with E-state index in [1.54, 1.807) is 19.5 Å². The maximum Gasteiger partial charge on any atom is 0.412 e. The van der Waals surface area contributed by atoms with Crippen molar-refractivity contribution < 1.29 is 32.5 Å². The fourth-order valence-corrected chi connectivity index (χ4v) is 3.89. The largest absolute Gasteiger partial charge is 0.496 e. The van der Waals surface area contributed by atoms with Gasteiger partial charge in [-0.3, -0.25) is 9.78 Å². The lowest BCUT2D eigenvalue weighted by atomic mass is 9.99. The summed E-state index contributed by atoms with van der Waals surface area (Å²) in [5.41, 5.74) is 2.80.